The van der Waals surface area contributed by atoms with E-state index in [0.717, 1.165) is 25.9 Å². The molecule has 0 aromatic rings. The van der Waals surface area contributed by atoms with E-state index in [0.29, 0.717) is 12.2 Å². The van der Waals surface area contributed by atoms with Crippen molar-refractivity contribution in [2.75, 3.05) is 13.2 Å². The molecule has 1 rings (SSSR count). The standard InChI is InChI=1S/C28H52O3/c1-2-3-4-5-6-7-8-9-10-11-12-13-14-15-16-17-18-19-20-21-25-31-28(29)27-23-22-24-30-26-27/h26H,2-25H2,1H3. The molecule has 0 saturated carbocycles. The van der Waals surface area contributed by atoms with Crippen molar-refractivity contribution in [2.24, 2.45) is 0 Å². The molecule has 1 heterocycles. The van der Waals surface area contributed by atoms with Crippen LogP contribution in [0.2, 0.25) is 0 Å². The smallest absolute Gasteiger partial charge is 0.337 e. The van der Waals surface area contributed by atoms with Crippen LogP contribution in [0, 0.1) is 0 Å². The number of hydrogen-bond donors (Lipinski definition) is 0. The second-order valence-electron chi connectivity index (χ2n) is 9.47. The number of ether oxygens (including phenoxy) is 2. The van der Waals surface area contributed by atoms with E-state index in [1.165, 1.54) is 122 Å². The summed E-state index contributed by atoms with van der Waals surface area (Å²) >= 11 is 0. The number of esters is 1. The molecule has 0 fully saturated rings. The van der Waals surface area contributed by atoms with E-state index >= 15 is 0 Å². The minimum atomic E-state index is -0.183. The Morgan fingerprint density at radius 2 is 1.13 bits per heavy atom. The van der Waals surface area contributed by atoms with Gasteiger partial charge in [-0.05, 0) is 19.3 Å². The highest BCUT2D eigenvalue weighted by atomic mass is 16.5. The largest absolute Gasteiger partial charge is 0.501 e. The number of carbonyl (C=O) groups is 1. The molecule has 31 heavy (non-hydrogen) atoms. The second-order valence-corrected chi connectivity index (χ2v) is 9.47. The van der Waals surface area contributed by atoms with Crippen LogP contribution in [0.5, 0.6) is 0 Å². The van der Waals surface area contributed by atoms with Crippen molar-refractivity contribution in [1.82, 2.24) is 0 Å². The van der Waals surface area contributed by atoms with Crippen molar-refractivity contribution in [1.29, 1.82) is 0 Å². The Labute approximate surface area is 193 Å². The van der Waals surface area contributed by atoms with Gasteiger partial charge in [0.1, 0.15) is 0 Å². The van der Waals surface area contributed by atoms with Crippen LogP contribution in [-0.2, 0) is 14.3 Å². The van der Waals surface area contributed by atoms with Crippen LogP contribution in [0.3, 0.4) is 0 Å². The zero-order valence-electron chi connectivity index (χ0n) is 20.8. The first-order chi connectivity index (χ1) is 15.3. The van der Waals surface area contributed by atoms with Gasteiger partial charge >= 0.3 is 5.97 Å². The summed E-state index contributed by atoms with van der Waals surface area (Å²) in [5.41, 5.74) is 0.694. The van der Waals surface area contributed by atoms with E-state index < -0.39 is 0 Å². The van der Waals surface area contributed by atoms with Crippen molar-refractivity contribution in [3.05, 3.63) is 11.8 Å². The van der Waals surface area contributed by atoms with Gasteiger partial charge in [-0.25, -0.2) is 4.79 Å². The molecule has 1 aliphatic rings. The van der Waals surface area contributed by atoms with Crippen LogP contribution >= 0.6 is 0 Å². The first-order valence-corrected chi connectivity index (χ1v) is 13.8. The summed E-state index contributed by atoms with van der Waals surface area (Å²) in [5, 5.41) is 0. The van der Waals surface area contributed by atoms with Crippen molar-refractivity contribution in [2.45, 2.75) is 148 Å². The van der Waals surface area contributed by atoms with Crippen LogP contribution in [0.25, 0.3) is 0 Å². The average molecular weight is 437 g/mol. The zero-order valence-corrected chi connectivity index (χ0v) is 20.8. The maximum absolute atomic E-state index is 11.8. The monoisotopic (exact) mass is 436 g/mol. The lowest BCUT2D eigenvalue weighted by atomic mass is 10.0. The van der Waals surface area contributed by atoms with Crippen molar-refractivity contribution < 1.29 is 14.3 Å². The molecule has 0 atom stereocenters. The van der Waals surface area contributed by atoms with Gasteiger partial charge in [0, 0.05) is 0 Å². The van der Waals surface area contributed by atoms with Gasteiger partial charge in [0.15, 0.2) is 0 Å². The third kappa shape index (κ3) is 18.3. The normalized spacial score (nSPS) is 13.6. The lowest BCUT2D eigenvalue weighted by Gasteiger charge is -2.12. The van der Waals surface area contributed by atoms with Crippen LogP contribution in [0.15, 0.2) is 11.8 Å². The highest BCUT2D eigenvalue weighted by molar-refractivity contribution is 5.88. The summed E-state index contributed by atoms with van der Waals surface area (Å²) in [4.78, 5) is 11.8. The molecule has 0 spiro atoms. The van der Waals surface area contributed by atoms with Gasteiger partial charge in [-0.1, -0.05) is 129 Å². The predicted octanol–water partition coefficient (Wildman–Crippen LogP) is 9.05. The van der Waals surface area contributed by atoms with E-state index in [-0.39, 0.29) is 5.97 Å². The Morgan fingerprint density at radius 1 is 0.710 bits per heavy atom. The van der Waals surface area contributed by atoms with E-state index in [9.17, 15) is 4.79 Å². The number of hydrogen-bond acceptors (Lipinski definition) is 3. The van der Waals surface area contributed by atoms with Crippen molar-refractivity contribution >= 4 is 5.97 Å². The van der Waals surface area contributed by atoms with E-state index in [1.807, 2.05) is 0 Å². The first-order valence-electron chi connectivity index (χ1n) is 13.8. The Bertz CT molecular complexity index is 430. The molecule has 0 N–H and O–H groups in total. The number of carbonyl (C=O) groups excluding carboxylic acids is 1. The Kier molecular flexibility index (Phi) is 20.1. The maximum Gasteiger partial charge on any atom is 0.337 e. The molecular formula is C28H52O3. The number of rotatable bonds is 22. The molecule has 182 valence electrons. The summed E-state index contributed by atoms with van der Waals surface area (Å²) < 4.78 is 10.5. The summed E-state index contributed by atoms with van der Waals surface area (Å²) in [6.07, 6.45) is 30.9. The molecular weight excluding hydrogens is 384 g/mol. The molecule has 1 aliphatic heterocycles. The fourth-order valence-electron chi connectivity index (χ4n) is 4.33. The highest BCUT2D eigenvalue weighted by Crippen LogP contribution is 2.16. The van der Waals surface area contributed by atoms with E-state index in [4.69, 9.17) is 9.47 Å². The highest BCUT2D eigenvalue weighted by Gasteiger charge is 2.14. The van der Waals surface area contributed by atoms with E-state index in [1.54, 1.807) is 6.26 Å². The van der Waals surface area contributed by atoms with Gasteiger partial charge in [-0.2, -0.15) is 0 Å². The molecule has 0 aromatic heterocycles. The third-order valence-electron chi connectivity index (χ3n) is 6.43. The molecule has 0 saturated heterocycles. The fraction of sp³-hybridized carbons (Fsp3) is 0.893. The van der Waals surface area contributed by atoms with Crippen LogP contribution < -0.4 is 0 Å². The quantitative estimate of drug-likeness (QED) is 0.125. The SMILES string of the molecule is CCCCCCCCCCCCCCCCCCCCCCOC(=O)C1=COCCC1. The molecule has 3 heteroatoms. The van der Waals surface area contributed by atoms with E-state index in [2.05, 4.69) is 6.92 Å². The first kappa shape index (κ1) is 28.0. The summed E-state index contributed by atoms with van der Waals surface area (Å²) in [5.74, 6) is -0.183. The van der Waals surface area contributed by atoms with Gasteiger partial charge < -0.3 is 9.47 Å². The van der Waals surface area contributed by atoms with Gasteiger partial charge in [-0.3, -0.25) is 0 Å². The Hall–Kier alpha value is -0.990. The molecule has 0 aromatic carbocycles. The molecule has 0 aliphatic carbocycles. The summed E-state index contributed by atoms with van der Waals surface area (Å²) in [7, 11) is 0. The van der Waals surface area contributed by atoms with Crippen molar-refractivity contribution in [3.8, 4) is 0 Å². The molecule has 0 amide bonds. The molecule has 3 nitrogen and oxygen atoms in total. The van der Waals surface area contributed by atoms with Crippen LogP contribution in [0.1, 0.15) is 148 Å². The van der Waals surface area contributed by atoms with Gasteiger partial charge in [0.05, 0.1) is 25.0 Å². The van der Waals surface area contributed by atoms with Gasteiger partial charge in [0.2, 0.25) is 0 Å². The minimum Gasteiger partial charge on any atom is -0.501 e. The Morgan fingerprint density at radius 3 is 1.52 bits per heavy atom. The Balaban J connectivity index is 1.69. The lowest BCUT2D eigenvalue weighted by Crippen LogP contribution is -2.12. The second kappa shape index (κ2) is 22.2. The summed E-state index contributed by atoms with van der Waals surface area (Å²) in [6, 6.07) is 0. The molecule has 0 unspecified atom stereocenters. The fourth-order valence-corrected chi connectivity index (χ4v) is 4.33. The lowest BCUT2D eigenvalue weighted by molar-refractivity contribution is -0.139. The number of unbranched alkanes of at least 4 members (excludes halogenated alkanes) is 19. The molecule has 0 bridgehead atoms. The third-order valence-corrected chi connectivity index (χ3v) is 6.43. The molecule has 0 radical (unpaired) electrons. The predicted molar refractivity (Wildman–Crippen MR) is 132 cm³/mol. The zero-order chi connectivity index (χ0) is 22.2. The van der Waals surface area contributed by atoms with Gasteiger partial charge in [0.25, 0.3) is 0 Å². The van der Waals surface area contributed by atoms with Gasteiger partial charge in [-0.15, -0.1) is 0 Å². The average Bonchev–Trinajstić information content (AvgIpc) is 2.80. The minimum absolute atomic E-state index is 0.183. The van der Waals surface area contributed by atoms with Crippen LogP contribution in [0.4, 0.5) is 0 Å². The van der Waals surface area contributed by atoms with Crippen molar-refractivity contribution in [3.63, 3.8) is 0 Å². The summed E-state index contributed by atoms with van der Waals surface area (Å²) in [6.45, 7) is 3.56. The van der Waals surface area contributed by atoms with Crippen LogP contribution in [-0.4, -0.2) is 19.2 Å². The topological polar surface area (TPSA) is 35.5 Å². The maximum atomic E-state index is 11.8.